The molecule has 1 amide bonds. The summed E-state index contributed by atoms with van der Waals surface area (Å²) in [6, 6.07) is 8.21. The number of carbonyl (C=O) groups is 1. The van der Waals surface area contributed by atoms with Crippen LogP contribution in [0.5, 0.6) is 0 Å². The van der Waals surface area contributed by atoms with Crippen LogP contribution in [0.25, 0.3) is 0 Å². The maximum absolute atomic E-state index is 13.1. The van der Waals surface area contributed by atoms with Crippen molar-refractivity contribution in [3.05, 3.63) is 58.3 Å². The highest BCUT2D eigenvalue weighted by Gasteiger charge is 2.29. The number of hydrogen-bond acceptors (Lipinski definition) is 3. The fraction of sp³-hybridized carbons (Fsp3) is 0.188. The predicted molar refractivity (Wildman–Crippen MR) is 98.3 cm³/mol. The van der Waals surface area contributed by atoms with Gasteiger partial charge in [0.25, 0.3) is 0 Å². The van der Waals surface area contributed by atoms with Gasteiger partial charge in [0, 0.05) is 15.7 Å². The van der Waals surface area contributed by atoms with Crippen LogP contribution in [0, 0.1) is 5.82 Å². The maximum Gasteiger partial charge on any atom is 0.247 e. The first-order valence-corrected chi connectivity index (χ1v) is 9.70. The average Bonchev–Trinajstić information content (AvgIpc) is 2.47. The Hall–Kier alpha value is -1.83. The monoisotopic (exact) mass is 404 g/mol. The fourth-order valence-electron chi connectivity index (χ4n) is 2.27. The van der Waals surface area contributed by atoms with Gasteiger partial charge in [-0.25, -0.2) is 12.8 Å². The van der Waals surface area contributed by atoms with Gasteiger partial charge in [-0.15, -0.1) is 0 Å². The lowest BCUT2D eigenvalue weighted by Crippen LogP contribution is -2.45. The van der Waals surface area contributed by atoms with Gasteiger partial charge in [-0.3, -0.25) is 9.10 Å². The number of nitrogens with zero attached hydrogens (tertiary/aromatic N) is 1. The van der Waals surface area contributed by atoms with Gasteiger partial charge in [0.05, 0.1) is 11.9 Å². The van der Waals surface area contributed by atoms with E-state index in [0.717, 1.165) is 22.7 Å². The first-order chi connectivity index (χ1) is 11.6. The summed E-state index contributed by atoms with van der Waals surface area (Å²) in [6.45, 7) is 1.42. The Morgan fingerprint density at radius 2 is 1.64 bits per heavy atom. The smallest absolute Gasteiger partial charge is 0.247 e. The van der Waals surface area contributed by atoms with Gasteiger partial charge >= 0.3 is 0 Å². The SMILES string of the molecule is C[C@@H](C(=O)Nc1cc(Cl)cc(Cl)c1)N(c1ccc(F)cc1)S(C)(=O)=O. The van der Waals surface area contributed by atoms with E-state index in [1.165, 1.54) is 37.3 Å². The van der Waals surface area contributed by atoms with Crippen LogP contribution in [0.4, 0.5) is 15.8 Å². The van der Waals surface area contributed by atoms with E-state index in [9.17, 15) is 17.6 Å². The largest absolute Gasteiger partial charge is 0.324 e. The van der Waals surface area contributed by atoms with Crippen LogP contribution < -0.4 is 9.62 Å². The Kier molecular flexibility index (Phi) is 5.92. The van der Waals surface area contributed by atoms with Gasteiger partial charge in [-0.1, -0.05) is 23.2 Å². The first-order valence-electron chi connectivity index (χ1n) is 7.10. The molecule has 0 saturated carbocycles. The highest BCUT2D eigenvalue weighted by molar-refractivity contribution is 7.92. The lowest BCUT2D eigenvalue weighted by atomic mass is 10.2. The Morgan fingerprint density at radius 3 is 2.12 bits per heavy atom. The molecule has 0 saturated heterocycles. The minimum absolute atomic E-state index is 0.177. The lowest BCUT2D eigenvalue weighted by Gasteiger charge is -2.28. The van der Waals surface area contributed by atoms with Crippen LogP contribution >= 0.6 is 23.2 Å². The third kappa shape index (κ3) is 5.07. The molecule has 0 fully saturated rings. The number of amides is 1. The van der Waals surface area contributed by atoms with Crippen molar-refractivity contribution in [3.63, 3.8) is 0 Å². The minimum Gasteiger partial charge on any atom is -0.324 e. The highest BCUT2D eigenvalue weighted by atomic mass is 35.5. The quantitative estimate of drug-likeness (QED) is 0.820. The van der Waals surface area contributed by atoms with Crippen molar-refractivity contribution in [1.82, 2.24) is 0 Å². The standard InChI is InChI=1S/C16H15Cl2FN2O3S/c1-10(16(22)20-14-8-11(17)7-12(18)9-14)21(25(2,23)24)15-5-3-13(19)4-6-15/h3-10H,1-2H3,(H,20,22)/t10-/m0/s1. The molecule has 0 unspecified atom stereocenters. The summed E-state index contributed by atoms with van der Waals surface area (Å²) in [5.41, 5.74) is 0.512. The normalized spacial score (nSPS) is 12.5. The number of rotatable bonds is 5. The molecule has 0 aliphatic heterocycles. The van der Waals surface area contributed by atoms with Gasteiger partial charge < -0.3 is 5.32 Å². The van der Waals surface area contributed by atoms with E-state index in [1.54, 1.807) is 0 Å². The molecule has 0 bridgehead atoms. The van der Waals surface area contributed by atoms with E-state index in [2.05, 4.69) is 5.32 Å². The zero-order chi connectivity index (χ0) is 18.8. The number of hydrogen-bond donors (Lipinski definition) is 1. The topological polar surface area (TPSA) is 66.5 Å². The minimum atomic E-state index is -3.79. The van der Waals surface area contributed by atoms with E-state index in [0.29, 0.717) is 15.7 Å². The van der Waals surface area contributed by atoms with Crippen molar-refractivity contribution in [1.29, 1.82) is 0 Å². The zero-order valence-electron chi connectivity index (χ0n) is 13.3. The summed E-state index contributed by atoms with van der Waals surface area (Å²) in [4.78, 5) is 12.5. The van der Waals surface area contributed by atoms with Crippen molar-refractivity contribution < 1.29 is 17.6 Å². The summed E-state index contributed by atoms with van der Waals surface area (Å²) >= 11 is 11.8. The van der Waals surface area contributed by atoms with Crippen LogP contribution in [0.2, 0.25) is 10.0 Å². The summed E-state index contributed by atoms with van der Waals surface area (Å²) in [5.74, 6) is -1.10. The molecule has 5 nitrogen and oxygen atoms in total. The molecule has 134 valence electrons. The van der Waals surface area contributed by atoms with Crippen molar-refractivity contribution in [2.24, 2.45) is 0 Å². The molecular formula is C16H15Cl2FN2O3S. The van der Waals surface area contributed by atoms with Crippen molar-refractivity contribution >= 4 is 50.5 Å². The lowest BCUT2D eigenvalue weighted by molar-refractivity contribution is -0.116. The Balaban J connectivity index is 2.31. The van der Waals surface area contributed by atoms with Crippen LogP contribution in [0.3, 0.4) is 0 Å². The average molecular weight is 405 g/mol. The first kappa shape index (κ1) is 19.5. The van der Waals surface area contributed by atoms with Crippen molar-refractivity contribution in [2.75, 3.05) is 15.9 Å². The van der Waals surface area contributed by atoms with E-state index >= 15 is 0 Å². The van der Waals surface area contributed by atoms with E-state index in [4.69, 9.17) is 23.2 Å². The molecule has 2 rings (SSSR count). The van der Waals surface area contributed by atoms with Gasteiger partial charge in [-0.05, 0) is 49.4 Å². The molecule has 0 spiro atoms. The number of halogens is 3. The second-order valence-corrected chi connectivity index (χ2v) is 8.09. The summed E-state index contributed by atoms with van der Waals surface area (Å²) in [5, 5.41) is 3.22. The fourth-order valence-corrected chi connectivity index (χ4v) is 3.97. The maximum atomic E-state index is 13.1. The van der Waals surface area contributed by atoms with Crippen LogP contribution in [0.1, 0.15) is 6.92 Å². The second kappa shape index (κ2) is 7.59. The number of sulfonamides is 1. The molecule has 1 atom stereocenters. The molecular weight excluding hydrogens is 390 g/mol. The number of nitrogens with one attached hydrogen (secondary N) is 1. The van der Waals surface area contributed by atoms with Gasteiger partial charge in [0.2, 0.25) is 15.9 Å². The zero-order valence-corrected chi connectivity index (χ0v) is 15.7. The van der Waals surface area contributed by atoms with Crippen LogP contribution in [-0.4, -0.2) is 26.6 Å². The van der Waals surface area contributed by atoms with Crippen molar-refractivity contribution in [3.8, 4) is 0 Å². The molecule has 0 heterocycles. The highest BCUT2D eigenvalue weighted by Crippen LogP contribution is 2.25. The van der Waals surface area contributed by atoms with Crippen LogP contribution in [0.15, 0.2) is 42.5 Å². The molecule has 0 radical (unpaired) electrons. The van der Waals surface area contributed by atoms with E-state index in [1.807, 2.05) is 0 Å². The third-order valence-corrected chi connectivity index (χ3v) is 4.98. The Labute approximate surface area is 155 Å². The van der Waals surface area contributed by atoms with Crippen LogP contribution in [-0.2, 0) is 14.8 Å². The van der Waals surface area contributed by atoms with E-state index in [-0.39, 0.29) is 5.69 Å². The molecule has 9 heteroatoms. The summed E-state index contributed by atoms with van der Waals surface area (Å²) < 4.78 is 38.3. The third-order valence-electron chi connectivity index (χ3n) is 3.30. The molecule has 0 aliphatic carbocycles. The van der Waals surface area contributed by atoms with Crippen molar-refractivity contribution in [2.45, 2.75) is 13.0 Å². The Bertz CT molecular complexity index is 869. The van der Waals surface area contributed by atoms with Gasteiger partial charge in [-0.2, -0.15) is 0 Å². The van der Waals surface area contributed by atoms with Gasteiger partial charge in [0.1, 0.15) is 11.9 Å². The predicted octanol–water partition coefficient (Wildman–Crippen LogP) is 3.93. The van der Waals surface area contributed by atoms with E-state index < -0.39 is 27.8 Å². The van der Waals surface area contributed by atoms with Gasteiger partial charge in [0.15, 0.2) is 0 Å². The number of anilines is 2. The molecule has 2 aromatic rings. The molecule has 0 aromatic heterocycles. The Morgan fingerprint density at radius 1 is 1.12 bits per heavy atom. The number of benzene rings is 2. The summed E-state index contributed by atoms with van der Waals surface area (Å²) in [6.07, 6.45) is 0.969. The summed E-state index contributed by atoms with van der Waals surface area (Å²) in [7, 11) is -3.79. The molecule has 0 aliphatic rings. The molecule has 1 N–H and O–H groups in total. The second-order valence-electron chi connectivity index (χ2n) is 5.36. The molecule has 25 heavy (non-hydrogen) atoms. The molecule has 2 aromatic carbocycles. The number of carbonyl (C=O) groups excluding carboxylic acids is 1.